The zero-order valence-electron chi connectivity index (χ0n) is 24.7. The van der Waals surface area contributed by atoms with Crippen molar-refractivity contribution in [3.63, 3.8) is 0 Å². The molecule has 0 radical (unpaired) electrons. The number of amides is 2. The molecule has 0 aromatic heterocycles. The first-order chi connectivity index (χ1) is 20.1. The first-order valence-corrected chi connectivity index (χ1v) is 14.7. The molecule has 0 aliphatic carbocycles. The molecule has 2 aromatic rings. The van der Waals surface area contributed by atoms with Crippen LogP contribution in [0.3, 0.4) is 0 Å². The Hall–Kier alpha value is -4.08. The number of nitrogen functional groups attached to an aromatic ring is 1. The van der Waals surface area contributed by atoms with Crippen molar-refractivity contribution >= 4 is 28.8 Å². The minimum Gasteiger partial charge on any atom is -0.495 e. The van der Waals surface area contributed by atoms with Crippen LogP contribution in [0.25, 0.3) is 5.57 Å². The Morgan fingerprint density at radius 3 is 2.10 bits per heavy atom. The molecule has 4 aliphatic rings. The molecule has 6 rings (SSSR count). The summed E-state index contributed by atoms with van der Waals surface area (Å²) < 4.78 is 10.4. The standard InChI is InChI=1S/C16H18N2O4.C16H22N2O2/c1-10(19)17-13-4-5-14(17)8-12(7-13)11-3-6-15(18(20)21)16(9-11)22-2;1-10(19)18-13-4-5-14(18)8-12(7-13)11-3-6-15(17)16(9-11)20-2/h3,6-7,9,13-14H,4-5,8H2,1-2H3;3,6,9,12-14H,4-5,7-8,17H2,1-2H3. The number of nitro benzene ring substituents is 1. The smallest absolute Gasteiger partial charge is 0.310 e. The van der Waals surface area contributed by atoms with E-state index in [0.29, 0.717) is 23.7 Å². The van der Waals surface area contributed by atoms with Crippen LogP contribution in [0.2, 0.25) is 0 Å². The second kappa shape index (κ2) is 12.0. The number of fused-ring (bicyclic) bond motifs is 4. The van der Waals surface area contributed by atoms with Crippen LogP contribution in [0.5, 0.6) is 11.5 Å². The first kappa shape index (κ1) is 29.4. The molecule has 4 atom stereocenters. The Bertz CT molecular complexity index is 1390. The van der Waals surface area contributed by atoms with Gasteiger partial charge in [-0.2, -0.15) is 0 Å². The highest BCUT2D eigenvalue weighted by molar-refractivity contribution is 5.78. The van der Waals surface area contributed by atoms with Gasteiger partial charge in [0.15, 0.2) is 5.75 Å². The van der Waals surface area contributed by atoms with Crippen molar-refractivity contribution < 1.29 is 24.0 Å². The van der Waals surface area contributed by atoms with Crippen LogP contribution in [-0.2, 0) is 9.59 Å². The minimum absolute atomic E-state index is 0.0315. The van der Waals surface area contributed by atoms with E-state index in [2.05, 4.69) is 23.1 Å². The summed E-state index contributed by atoms with van der Waals surface area (Å²) in [6, 6.07) is 12.3. The van der Waals surface area contributed by atoms with Gasteiger partial charge in [0, 0.05) is 38.0 Å². The number of piperidine rings is 1. The molecule has 0 spiro atoms. The number of methoxy groups -OCH3 is 2. The molecule has 2 N–H and O–H groups in total. The quantitative estimate of drug-likeness (QED) is 0.290. The van der Waals surface area contributed by atoms with Gasteiger partial charge in [0.1, 0.15) is 5.75 Å². The second-order valence-corrected chi connectivity index (χ2v) is 11.7. The molecule has 4 unspecified atom stereocenters. The highest BCUT2D eigenvalue weighted by Gasteiger charge is 2.42. The third-order valence-corrected chi connectivity index (χ3v) is 9.33. The van der Waals surface area contributed by atoms with Crippen molar-refractivity contribution in [2.75, 3.05) is 20.0 Å². The maximum atomic E-state index is 11.7. The van der Waals surface area contributed by atoms with Crippen LogP contribution in [0.1, 0.15) is 75.8 Å². The van der Waals surface area contributed by atoms with Crippen molar-refractivity contribution in [2.45, 2.75) is 88.9 Å². The average molecular weight is 577 g/mol. The molecular formula is C32H40N4O6. The summed E-state index contributed by atoms with van der Waals surface area (Å²) in [6.45, 7) is 3.30. The van der Waals surface area contributed by atoms with E-state index in [1.807, 2.05) is 11.0 Å². The summed E-state index contributed by atoms with van der Waals surface area (Å²) in [5.41, 5.74) is 9.89. The highest BCUT2D eigenvalue weighted by atomic mass is 16.6. The van der Waals surface area contributed by atoms with Crippen LogP contribution in [0, 0.1) is 10.1 Å². The molecule has 3 saturated heterocycles. The zero-order chi connectivity index (χ0) is 30.1. The Morgan fingerprint density at radius 1 is 0.881 bits per heavy atom. The maximum absolute atomic E-state index is 11.7. The van der Waals surface area contributed by atoms with Crippen molar-refractivity contribution in [1.29, 1.82) is 0 Å². The molecule has 4 aliphatic heterocycles. The van der Waals surface area contributed by atoms with Crippen LogP contribution in [-0.4, -0.2) is 64.9 Å². The lowest BCUT2D eigenvalue weighted by Gasteiger charge is -2.38. The van der Waals surface area contributed by atoms with E-state index in [4.69, 9.17) is 15.2 Å². The number of carbonyl (C=O) groups excluding carboxylic acids is 2. The number of benzene rings is 2. The normalized spacial score (nSPS) is 25.7. The fraction of sp³-hybridized carbons (Fsp3) is 0.500. The Labute approximate surface area is 246 Å². The van der Waals surface area contributed by atoms with Gasteiger partial charge in [-0.1, -0.05) is 12.1 Å². The van der Waals surface area contributed by atoms with E-state index >= 15 is 0 Å². The number of rotatable bonds is 5. The molecule has 3 fully saturated rings. The summed E-state index contributed by atoms with van der Waals surface area (Å²) in [5.74, 6) is 1.88. The monoisotopic (exact) mass is 576 g/mol. The molecular weight excluding hydrogens is 536 g/mol. The second-order valence-electron chi connectivity index (χ2n) is 11.7. The summed E-state index contributed by atoms with van der Waals surface area (Å²) in [5, 5.41) is 11.0. The van der Waals surface area contributed by atoms with E-state index in [9.17, 15) is 19.7 Å². The molecule has 10 nitrogen and oxygen atoms in total. The molecule has 4 bridgehead atoms. The van der Waals surface area contributed by atoms with Gasteiger partial charge in [0.05, 0.1) is 30.9 Å². The predicted octanol–water partition coefficient (Wildman–Crippen LogP) is 5.30. The lowest BCUT2D eigenvalue weighted by Crippen LogP contribution is -2.44. The number of carbonyl (C=O) groups is 2. The molecule has 42 heavy (non-hydrogen) atoms. The molecule has 10 heteroatoms. The Kier molecular flexibility index (Phi) is 8.43. The number of ether oxygens (including phenoxy) is 2. The topological polar surface area (TPSA) is 128 Å². The van der Waals surface area contributed by atoms with E-state index < -0.39 is 4.92 Å². The van der Waals surface area contributed by atoms with Crippen LogP contribution in [0.15, 0.2) is 42.5 Å². The van der Waals surface area contributed by atoms with Crippen molar-refractivity contribution in [3.8, 4) is 11.5 Å². The lowest BCUT2D eigenvalue weighted by molar-refractivity contribution is -0.385. The molecule has 224 valence electrons. The van der Waals surface area contributed by atoms with Crippen molar-refractivity contribution in [2.24, 2.45) is 0 Å². The summed E-state index contributed by atoms with van der Waals surface area (Å²) >= 11 is 0. The third-order valence-electron chi connectivity index (χ3n) is 9.33. The highest BCUT2D eigenvalue weighted by Crippen LogP contribution is 2.44. The van der Waals surface area contributed by atoms with E-state index in [-0.39, 0.29) is 35.3 Å². The number of hydrogen-bond donors (Lipinski definition) is 1. The first-order valence-electron chi connectivity index (χ1n) is 14.7. The molecule has 2 aromatic carbocycles. The van der Waals surface area contributed by atoms with Crippen molar-refractivity contribution in [3.05, 3.63) is 63.7 Å². The van der Waals surface area contributed by atoms with Gasteiger partial charge in [-0.05, 0) is 91.8 Å². The van der Waals surface area contributed by atoms with Crippen molar-refractivity contribution in [1.82, 2.24) is 9.80 Å². The fourth-order valence-electron chi connectivity index (χ4n) is 7.51. The zero-order valence-corrected chi connectivity index (χ0v) is 24.7. The number of anilines is 1. The minimum atomic E-state index is -0.445. The Morgan fingerprint density at radius 2 is 1.52 bits per heavy atom. The fourth-order valence-corrected chi connectivity index (χ4v) is 7.51. The van der Waals surface area contributed by atoms with Crippen LogP contribution < -0.4 is 15.2 Å². The van der Waals surface area contributed by atoms with Gasteiger partial charge in [-0.25, -0.2) is 0 Å². The van der Waals surface area contributed by atoms with Gasteiger partial charge >= 0.3 is 5.69 Å². The lowest BCUT2D eigenvalue weighted by atomic mass is 9.85. The van der Waals surface area contributed by atoms with Crippen LogP contribution in [0.4, 0.5) is 11.4 Å². The SMILES string of the molecule is COc1cc(C2=CC3CCC(C2)N3C(C)=O)ccc1[N+](=O)[O-].COc1cc(C2CC3CCC(C2)N3C(C)=O)ccc1N. The van der Waals surface area contributed by atoms with Gasteiger partial charge in [-0.3, -0.25) is 19.7 Å². The average Bonchev–Trinajstić information content (AvgIpc) is 3.41. The Balaban J connectivity index is 0.000000169. The number of nitrogens with zero attached hydrogens (tertiary/aromatic N) is 3. The number of nitro groups is 1. The van der Waals surface area contributed by atoms with Gasteiger partial charge in [0.25, 0.3) is 0 Å². The largest absolute Gasteiger partial charge is 0.495 e. The predicted molar refractivity (Wildman–Crippen MR) is 160 cm³/mol. The van der Waals surface area contributed by atoms with E-state index in [1.54, 1.807) is 33.1 Å². The van der Waals surface area contributed by atoms with Gasteiger partial charge < -0.3 is 25.0 Å². The van der Waals surface area contributed by atoms with E-state index in [1.165, 1.54) is 18.7 Å². The summed E-state index contributed by atoms with van der Waals surface area (Å²) in [7, 11) is 3.08. The van der Waals surface area contributed by atoms with Crippen LogP contribution >= 0.6 is 0 Å². The maximum Gasteiger partial charge on any atom is 0.310 e. The summed E-state index contributed by atoms with van der Waals surface area (Å²) in [4.78, 5) is 38.0. The molecule has 2 amide bonds. The van der Waals surface area contributed by atoms with Gasteiger partial charge in [0.2, 0.25) is 11.8 Å². The number of hydrogen-bond acceptors (Lipinski definition) is 7. The molecule has 4 heterocycles. The summed E-state index contributed by atoms with van der Waals surface area (Å²) in [6.07, 6.45) is 9.31. The third kappa shape index (κ3) is 5.67. The van der Waals surface area contributed by atoms with Gasteiger partial charge in [-0.15, -0.1) is 0 Å². The number of nitrogens with two attached hydrogens (primary N) is 1. The van der Waals surface area contributed by atoms with E-state index in [0.717, 1.165) is 61.8 Å². The molecule has 0 saturated carbocycles.